The summed E-state index contributed by atoms with van der Waals surface area (Å²) in [5.41, 5.74) is 3.62. The van der Waals surface area contributed by atoms with Crippen molar-refractivity contribution in [1.29, 1.82) is 0 Å². The normalized spacial score (nSPS) is 18.7. The van der Waals surface area contributed by atoms with Crippen LogP contribution < -0.4 is 20.4 Å². The number of aromatic nitrogens is 5. The number of amides is 2. The van der Waals surface area contributed by atoms with Crippen LogP contribution in [0.15, 0.2) is 18.5 Å². The zero-order valence-electron chi connectivity index (χ0n) is 17.4. The molecule has 0 aromatic carbocycles. The highest BCUT2D eigenvalue weighted by Gasteiger charge is 2.30. The van der Waals surface area contributed by atoms with Gasteiger partial charge in [-0.15, -0.1) is 0 Å². The molecule has 0 saturated carbocycles. The fourth-order valence-corrected chi connectivity index (χ4v) is 4.23. The lowest BCUT2D eigenvalue weighted by atomic mass is 10.1. The molecule has 1 atom stereocenters. The average Bonchev–Trinajstić information content (AvgIpc) is 3.30. The predicted molar refractivity (Wildman–Crippen MR) is 114 cm³/mol. The summed E-state index contributed by atoms with van der Waals surface area (Å²) in [7, 11) is 0. The summed E-state index contributed by atoms with van der Waals surface area (Å²) in [5.74, 6) is 1.89. The predicted octanol–water partition coefficient (Wildman–Crippen LogP) is 1.53. The molecular formula is C20H25N9O. The summed E-state index contributed by atoms with van der Waals surface area (Å²) in [6.07, 6.45) is 4.34. The fourth-order valence-electron chi connectivity index (χ4n) is 4.23. The molecule has 5 rings (SSSR count). The summed E-state index contributed by atoms with van der Waals surface area (Å²) in [4.78, 5) is 30.4. The molecular weight excluding hydrogens is 382 g/mol. The third-order valence-electron chi connectivity index (χ3n) is 5.67. The molecule has 0 unspecified atom stereocenters. The first-order valence-electron chi connectivity index (χ1n) is 10.2. The zero-order chi connectivity index (χ0) is 20.8. The van der Waals surface area contributed by atoms with Crippen molar-refractivity contribution in [2.75, 3.05) is 41.3 Å². The Morgan fingerprint density at radius 2 is 2.13 bits per heavy atom. The third kappa shape index (κ3) is 3.22. The molecule has 1 saturated heterocycles. The van der Waals surface area contributed by atoms with Gasteiger partial charge in [-0.05, 0) is 33.3 Å². The first-order valence-corrected chi connectivity index (χ1v) is 10.2. The Morgan fingerprint density at radius 1 is 1.27 bits per heavy atom. The molecule has 156 valence electrons. The topological polar surface area (TPSA) is 104 Å². The number of piperazine rings is 1. The van der Waals surface area contributed by atoms with Crippen molar-refractivity contribution < 1.29 is 4.79 Å². The Morgan fingerprint density at radius 3 is 2.97 bits per heavy atom. The van der Waals surface area contributed by atoms with Crippen molar-refractivity contribution in [3.8, 4) is 0 Å². The van der Waals surface area contributed by atoms with E-state index in [2.05, 4.69) is 48.6 Å². The SMILES string of the molecule is Cc1nc2nc(C)c(NC(=O)N3CCc4c(N5CCN[C@H](C)C5)ccnc43)cn2n1. The van der Waals surface area contributed by atoms with Crippen LogP contribution in [0.1, 0.15) is 24.0 Å². The molecule has 30 heavy (non-hydrogen) atoms. The smallest absolute Gasteiger partial charge is 0.327 e. The van der Waals surface area contributed by atoms with Crippen LogP contribution >= 0.6 is 0 Å². The number of nitrogens with one attached hydrogen (secondary N) is 2. The van der Waals surface area contributed by atoms with Crippen LogP contribution in [0.4, 0.5) is 22.0 Å². The van der Waals surface area contributed by atoms with E-state index in [0.29, 0.717) is 35.6 Å². The largest absolute Gasteiger partial charge is 0.368 e. The minimum absolute atomic E-state index is 0.215. The Bertz CT molecular complexity index is 1120. The lowest BCUT2D eigenvalue weighted by Gasteiger charge is -2.34. The van der Waals surface area contributed by atoms with Crippen molar-refractivity contribution in [1.82, 2.24) is 29.9 Å². The Kier molecular flexibility index (Phi) is 4.50. The quantitative estimate of drug-likeness (QED) is 0.664. The maximum Gasteiger partial charge on any atom is 0.327 e. The van der Waals surface area contributed by atoms with Crippen molar-refractivity contribution in [2.45, 2.75) is 33.2 Å². The van der Waals surface area contributed by atoms with Crippen LogP contribution in [0, 0.1) is 13.8 Å². The number of aryl methyl sites for hydroxylation is 2. The molecule has 1 fully saturated rings. The minimum atomic E-state index is -0.215. The van der Waals surface area contributed by atoms with E-state index < -0.39 is 0 Å². The highest BCUT2D eigenvalue weighted by molar-refractivity contribution is 6.03. The second kappa shape index (κ2) is 7.21. The number of nitrogens with zero attached hydrogens (tertiary/aromatic N) is 7. The van der Waals surface area contributed by atoms with Crippen LogP contribution in [0.3, 0.4) is 0 Å². The highest BCUT2D eigenvalue weighted by atomic mass is 16.2. The Balaban J connectivity index is 1.40. The number of hydrogen-bond donors (Lipinski definition) is 2. The van der Waals surface area contributed by atoms with Crippen LogP contribution in [0.5, 0.6) is 0 Å². The standard InChI is InChI=1S/C20H25N9O/c1-12-10-27(9-7-21-12)17-4-6-22-18-15(17)5-8-28(18)20(30)25-16-11-29-19(23-13(16)2)24-14(3)26-29/h4,6,11-12,21H,5,7-10H2,1-3H3,(H,25,30)/t12-/m1/s1. The summed E-state index contributed by atoms with van der Waals surface area (Å²) in [6, 6.07) is 2.29. The summed E-state index contributed by atoms with van der Waals surface area (Å²) < 4.78 is 1.58. The average molecular weight is 407 g/mol. The summed E-state index contributed by atoms with van der Waals surface area (Å²) in [5, 5.41) is 10.7. The van der Waals surface area contributed by atoms with E-state index in [0.717, 1.165) is 37.4 Å². The van der Waals surface area contributed by atoms with Crippen molar-refractivity contribution in [3.63, 3.8) is 0 Å². The van der Waals surface area contributed by atoms with Crippen LogP contribution in [0.2, 0.25) is 0 Å². The lowest BCUT2D eigenvalue weighted by molar-refractivity contribution is 0.257. The van der Waals surface area contributed by atoms with Crippen molar-refractivity contribution in [3.05, 3.63) is 35.5 Å². The van der Waals surface area contributed by atoms with Gasteiger partial charge in [0.15, 0.2) is 0 Å². The van der Waals surface area contributed by atoms with Gasteiger partial charge in [-0.25, -0.2) is 19.3 Å². The van der Waals surface area contributed by atoms with Gasteiger partial charge in [0, 0.05) is 49.7 Å². The van der Waals surface area contributed by atoms with E-state index in [1.165, 1.54) is 5.69 Å². The molecule has 2 amide bonds. The van der Waals surface area contributed by atoms with Gasteiger partial charge in [0.1, 0.15) is 11.6 Å². The molecule has 0 radical (unpaired) electrons. The second-order valence-corrected chi connectivity index (χ2v) is 7.91. The molecule has 3 aromatic rings. The van der Waals surface area contributed by atoms with E-state index >= 15 is 0 Å². The summed E-state index contributed by atoms with van der Waals surface area (Å²) >= 11 is 0. The van der Waals surface area contributed by atoms with E-state index in [1.54, 1.807) is 21.8 Å². The minimum Gasteiger partial charge on any atom is -0.368 e. The van der Waals surface area contributed by atoms with E-state index in [4.69, 9.17) is 0 Å². The van der Waals surface area contributed by atoms with E-state index in [1.807, 2.05) is 13.8 Å². The number of carbonyl (C=O) groups is 1. The van der Waals surface area contributed by atoms with Gasteiger partial charge in [0.25, 0.3) is 5.78 Å². The molecule has 2 aliphatic rings. The van der Waals surface area contributed by atoms with Crippen molar-refractivity contribution >= 4 is 29.0 Å². The van der Waals surface area contributed by atoms with Crippen LogP contribution in [-0.2, 0) is 6.42 Å². The monoisotopic (exact) mass is 407 g/mol. The molecule has 2 N–H and O–H groups in total. The molecule has 0 spiro atoms. The number of rotatable bonds is 2. The van der Waals surface area contributed by atoms with Gasteiger partial charge in [-0.2, -0.15) is 10.1 Å². The number of hydrogen-bond acceptors (Lipinski definition) is 7. The number of carbonyl (C=O) groups excluding carboxylic acids is 1. The molecule has 10 nitrogen and oxygen atoms in total. The lowest BCUT2D eigenvalue weighted by Crippen LogP contribution is -2.49. The van der Waals surface area contributed by atoms with Crippen LogP contribution in [-0.4, -0.2) is 62.8 Å². The molecule has 0 bridgehead atoms. The first kappa shape index (κ1) is 18.7. The van der Waals surface area contributed by atoms with E-state index in [-0.39, 0.29) is 6.03 Å². The van der Waals surface area contributed by atoms with Gasteiger partial charge in [-0.1, -0.05) is 0 Å². The summed E-state index contributed by atoms with van der Waals surface area (Å²) in [6.45, 7) is 9.31. The number of anilines is 3. The van der Waals surface area contributed by atoms with Crippen molar-refractivity contribution in [2.24, 2.45) is 0 Å². The third-order valence-corrected chi connectivity index (χ3v) is 5.67. The molecule has 0 aliphatic carbocycles. The van der Waals surface area contributed by atoms with E-state index in [9.17, 15) is 4.79 Å². The Labute approximate surface area is 174 Å². The van der Waals surface area contributed by atoms with Gasteiger partial charge in [0.05, 0.1) is 17.6 Å². The molecule has 5 heterocycles. The zero-order valence-corrected chi connectivity index (χ0v) is 17.4. The number of fused-ring (bicyclic) bond motifs is 2. The molecule has 2 aliphatic heterocycles. The number of urea groups is 1. The number of pyridine rings is 1. The van der Waals surface area contributed by atoms with Gasteiger partial charge < -0.3 is 15.5 Å². The molecule has 10 heteroatoms. The Hall–Kier alpha value is -3.27. The van der Waals surface area contributed by atoms with Gasteiger partial charge in [0.2, 0.25) is 0 Å². The fraction of sp³-hybridized carbons (Fsp3) is 0.450. The molecule has 3 aromatic heterocycles. The first-order chi connectivity index (χ1) is 14.5. The maximum absolute atomic E-state index is 13.1. The maximum atomic E-state index is 13.1. The highest BCUT2D eigenvalue weighted by Crippen LogP contribution is 2.34. The van der Waals surface area contributed by atoms with Crippen LogP contribution in [0.25, 0.3) is 5.78 Å². The van der Waals surface area contributed by atoms with Gasteiger partial charge >= 0.3 is 6.03 Å². The second-order valence-electron chi connectivity index (χ2n) is 7.91. The van der Waals surface area contributed by atoms with Gasteiger partial charge in [-0.3, -0.25) is 4.90 Å².